The van der Waals surface area contributed by atoms with Gasteiger partial charge in [-0.25, -0.2) is 0 Å². The summed E-state index contributed by atoms with van der Waals surface area (Å²) in [5.41, 5.74) is 2.44. The molecule has 0 unspecified atom stereocenters. The van der Waals surface area contributed by atoms with Crippen LogP contribution in [0.4, 0.5) is 0 Å². The standard InChI is InChI=1S/C23H28N4O2/c1-3-17-15-29-16-19(26(17)2)10-13-25-23(28)21-14-27(18-8-11-24-12-9-18)22-7-5-4-6-20(21)22/h4-9,11-12,14,17,19H,3,10,13,15-16H2,1-2H3,(H,25,28)/t17-,19-/m0/s1/i2D3. The van der Waals surface area contributed by atoms with Crippen molar-refractivity contribution in [3.05, 3.63) is 60.6 Å². The Kier molecular flexibility index (Phi) is 4.87. The van der Waals surface area contributed by atoms with Crippen molar-refractivity contribution >= 4 is 16.8 Å². The van der Waals surface area contributed by atoms with Crippen molar-refractivity contribution in [2.75, 3.05) is 26.7 Å². The monoisotopic (exact) mass is 395 g/mol. The molecule has 0 radical (unpaired) electrons. The number of morpholine rings is 1. The number of carbonyl (C=O) groups is 1. The van der Waals surface area contributed by atoms with Gasteiger partial charge in [-0.1, -0.05) is 25.1 Å². The molecule has 0 bridgehead atoms. The van der Waals surface area contributed by atoms with Gasteiger partial charge >= 0.3 is 0 Å². The van der Waals surface area contributed by atoms with Crippen LogP contribution in [0, 0.1) is 0 Å². The fourth-order valence-corrected chi connectivity index (χ4v) is 3.86. The van der Waals surface area contributed by atoms with Crippen LogP contribution < -0.4 is 5.32 Å². The number of pyridine rings is 1. The number of ether oxygens (including phenoxy) is 1. The Morgan fingerprint density at radius 3 is 2.83 bits per heavy atom. The SMILES string of the molecule is [2H]C([2H])([2H])N1[C@@H](CC)COC[C@@H]1CCNC(=O)c1cn(-c2ccncc2)c2ccccc12. The molecular formula is C23H28N4O2. The lowest BCUT2D eigenvalue weighted by atomic mass is 10.1. The number of amides is 1. The summed E-state index contributed by atoms with van der Waals surface area (Å²) < 4.78 is 31.4. The van der Waals surface area contributed by atoms with Crippen LogP contribution in [0.2, 0.25) is 0 Å². The van der Waals surface area contributed by atoms with E-state index < -0.39 is 6.98 Å². The van der Waals surface area contributed by atoms with E-state index >= 15 is 0 Å². The molecule has 0 aliphatic carbocycles. The minimum atomic E-state index is -2.18. The van der Waals surface area contributed by atoms with Gasteiger partial charge in [-0.3, -0.25) is 14.7 Å². The lowest BCUT2D eigenvalue weighted by molar-refractivity contribution is -0.0389. The van der Waals surface area contributed by atoms with Gasteiger partial charge in [0.05, 0.1) is 24.3 Å². The first-order chi connectivity index (χ1) is 15.4. The highest BCUT2D eigenvalue weighted by Crippen LogP contribution is 2.24. The van der Waals surface area contributed by atoms with Crippen molar-refractivity contribution in [2.45, 2.75) is 31.8 Å². The second-order valence-electron chi connectivity index (χ2n) is 7.34. The molecule has 1 aliphatic heterocycles. The van der Waals surface area contributed by atoms with E-state index in [1.807, 2.05) is 54.1 Å². The van der Waals surface area contributed by atoms with Gasteiger partial charge in [-0.05, 0) is 38.0 Å². The molecule has 4 rings (SSSR count). The first-order valence-corrected chi connectivity index (χ1v) is 10.0. The van der Waals surface area contributed by atoms with Crippen LogP contribution in [0.15, 0.2) is 55.0 Å². The van der Waals surface area contributed by atoms with Crippen molar-refractivity contribution < 1.29 is 13.6 Å². The highest BCUT2D eigenvalue weighted by molar-refractivity contribution is 6.07. The number of nitrogens with one attached hydrogen (secondary N) is 1. The normalized spacial score (nSPS) is 22.0. The van der Waals surface area contributed by atoms with Crippen LogP contribution in [0.25, 0.3) is 16.6 Å². The number of nitrogens with zero attached hydrogens (tertiary/aromatic N) is 3. The van der Waals surface area contributed by atoms with Crippen LogP contribution in [0.3, 0.4) is 0 Å². The number of para-hydroxylation sites is 1. The molecular weight excluding hydrogens is 364 g/mol. The van der Waals surface area contributed by atoms with Crippen LogP contribution in [0.5, 0.6) is 0 Å². The van der Waals surface area contributed by atoms with Crippen LogP contribution in [0.1, 0.15) is 34.2 Å². The summed E-state index contributed by atoms with van der Waals surface area (Å²) in [6.45, 7) is 0.926. The maximum atomic E-state index is 13.1. The van der Waals surface area contributed by atoms with Crippen LogP contribution in [-0.4, -0.2) is 59.2 Å². The van der Waals surface area contributed by atoms with Crippen molar-refractivity contribution in [3.8, 4) is 5.69 Å². The Hall–Kier alpha value is -2.70. The summed E-state index contributed by atoms with van der Waals surface area (Å²) in [6, 6.07) is 11.1. The molecule has 1 N–H and O–H groups in total. The van der Waals surface area contributed by atoms with Crippen molar-refractivity contribution in [2.24, 2.45) is 0 Å². The minimum absolute atomic E-state index is 0.143. The number of hydrogen-bond donors (Lipinski definition) is 1. The Labute approximate surface area is 175 Å². The molecule has 2 atom stereocenters. The molecule has 1 amide bonds. The quantitative estimate of drug-likeness (QED) is 0.696. The van der Waals surface area contributed by atoms with Crippen LogP contribution in [-0.2, 0) is 4.74 Å². The number of fused-ring (bicyclic) bond motifs is 1. The predicted molar refractivity (Wildman–Crippen MR) is 114 cm³/mol. The van der Waals surface area contributed by atoms with Gasteiger partial charge in [0.2, 0.25) is 0 Å². The van der Waals surface area contributed by atoms with Gasteiger partial charge < -0.3 is 14.6 Å². The van der Waals surface area contributed by atoms with Gasteiger partial charge in [0.1, 0.15) is 0 Å². The van der Waals surface area contributed by atoms with Gasteiger partial charge in [0.15, 0.2) is 0 Å². The number of hydrogen-bond acceptors (Lipinski definition) is 4. The largest absolute Gasteiger partial charge is 0.378 e. The molecule has 1 aliphatic rings. The maximum absolute atomic E-state index is 13.1. The summed E-state index contributed by atoms with van der Waals surface area (Å²) in [5.74, 6) is -0.182. The zero-order valence-corrected chi connectivity index (χ0v) is 16.5. The average Bonchev–Trinajstić information content (AvgIpc) is 3.18. The third kappa shape index (κ3) is 4.04. The number of carbonyl (C=O) groups excluding carboxylic acids is 1. The number of rotatable bonds is 6. The Balaban J connectivity index is 1.49. The maximum Gasteiger partial charge on any atom is 0.253 e. The molecule has 152 valence electrons. The van der Waals surface area contributed by atoms with Crippen molar-refractivity contribution in [1.82, 2.24) is 19.8 Å². The average molecular weight is 396 g/mol. The molecule has 1 fully saturated rings. The van der Waals surface area contributed by atoms with Gasteiger partial charge in [0.25, 0.3) is 5.91 Å². The van der Waals surface area contributed by atoms with Crippen molar-refractivity contribution in [1.29, 1.82) is 0 Å². The minimum Gasteiger partial charge on any atom is -0.378 e. The lowest BCUT2D eigenvalue weighted by Gasteiger charge is -2.39. The van der Waals surface area contributed by atoms with E-state index in [4.69, 9.17) is 8.85 Å². The molecule has 6 nitrogen and oxygen atoms in total. The molecule has 1 saturated heterocycles. The topological polar surface area (TPSA) is 59.4 Å². The van der Waals surface area contributed by atoms with Gasteiger partial charge in [-0.15, -0.1) is 0 Å². The number of aromatic nitrogens is 2. The van der Waals surface area contributed by atoms with Crippen molar-refractivity contribution in [3.63, 3.8) is 0 Å². The number of likely N-dealkylation sites (N-methyl/N-ethyl adjacent to an activating group) is 1. The zero-order chi connectivity index (χ0) is 22.7. The van der Waals surface area contributed by atoms with E-state index in [9.17, 15) is 4.79 Å². The molecule has 3 aromatic rings. The smallest absolute Gasteiger partial charge is 0.253 e. The fraction of sp³-hybridized carbons (Fsp3) is 0.391. The highest BCUT2D eigenvalue weighted by Gasteiger charge is 2.26. The molecule has 1 aromatic carbocycles. The summed E-state index contributed by atoms with van der Waals surface area (Å²) in [4.78, 5) is 18.7. The third-order valence-electron chi connectivity index (χ3n) is 5.54. The lowest BCUT2D eigenvalue weighted by Crippen LogP contribution is -2.50. The first-order valence-electron chi connectivity index (χ1n) is 11.5. The molecule has 0 spiro atoms. The second-order valence-corrected chi connectivity index (χ2v) is 7.34. The van der Waals surface area contributed by atoms with E-state index in [-0.39, 0.29) is 18.0 Å². The summed E-state index contributed by atoms with van der Waals surface area (Å²) in [7, 11) is 0. The molecule has 6 heteroatoms. The Morgan fingerprint density at radius 2 is 2.03 bits per heavy atom. The second kappa shape index (κ2) is 8.76. The van der Waals surface area contributed by atoms with E-state index in [0.717, 1.165) is 16.6 Å². The fourth-order valence-electron chi connectivity index (χ4n) is 3.86. The molecule has 0 saturated carbocycles. The van der Waals surface area contributed by atoms with Gasteiger partial charge in [0, 0.05) is 52.4 Å². The van der Waals surface area contributed by atoms with E-state index in [1.165, 1.54) is 0 Å². The predicted octanol–water partition coefficient (Wildman–Crippen LogP) is 3.25. The van der Waals surface area contributed by atoms with Crippen LogP contribution >= 0.6 is 0 Å². The molecule has 3 heterocycles. The summed E-state index contributed by atoms with van der Waals surface area (Å²) in [5, 5.41) is 3.84. The summed E-state index contributed by atoms with van der Waals surface area (Å²) >= 11 is 0. The number of benzene rings is 1. The van der Waals surface area contributed by atoms with E-state index in [1.54, 1.807) is 17.3 Å². The van der Waals surface area contributed by atoms with E-state index in [2.05, 4.69) is 10.3 Å². The van der Waals surface area contributed by atoms with Gasteiger partial charge in [-0.2, -0.15) is 0 Å². The molecule has 29 heavy (non-hydrogen) atoms. The Bertz CT molecular complexity index is 1070. The van der Waals surface area contributed by atoms with E-state index in [0.29, 0.717) is 38.2 Å². The first kappa shape index (κ1) is 16.1. The highest BCUT2D eigenvalue weighted by atomic mass is 16.5. The summed E-state index contributed by atoms with van der Waals surface area (Å²) in [6.07, 6.45) is 6.48. The third-order valence-corrected chi connectivity index (χ3v) is 5.54. The molecule has 2 aromatic heterocycles. The zero-order valence-electron chi connectivity index (χ0n) is 19.5. The Morgan fingerprint density at radius 1 is 1.24 bits per heavy atom.